The second kappa shape index (κ2) is 10.6. The van der Waals surface area contributed by atoms with Crippen LogP contribution in [0, 0.1) is 5.82 Å². The standard InChI is InChI=1S/C27H27FN2O4/c1-17(15-33-2)29-24(31)16-34-27(32)25-21-7-3-4-9-23(21)30-26-19(6-5-8-22(25)26)14-18-10-12-20(28)13-11-18/h3-4,7,9-14,17H,5-6,8,15-16H2,1-2H3,(H,29,31). The lowest BCUT2D eigenvalue weighted by Crippen LogP contribution is -2.38. The number of nitrogens with zero attached hydrogens (tertiary/aromatic N) is 1. The molecule has 1 heterocycles. The first-order valence-electron chi connectivity index (χ1n) is 11.3. The number of halogens is 1. The second-order valence-electron chi connectivity index (χ2n) is 8.41. The van der Waals surface area contributed by atoms with Crippen molar-refractivity contribution in [1.82, 2.24) is 10.3 Å². The molecule has 1 atom stereocenters. The molecule has 4 rings (SSSR count). The van der Waals surface area contributed by atoms with Crippen molar-refractivity contribution in [3.05, 3.63) is 76.7 Å². The molecule has 34 heavy (non-hydrogen) atoms. The lowest BCUT2D eigenvalue weighted by Gasteiger charge is -2.22. The van der Waals surface area contributed by atoms with E-state index in [0.717, 1.165) is 35.2 Å². The Morgan fingerprint density at radius 3 is 2.68 bits per heavy atom. The summed E-state index contributed by atoms with van der Waals surface area (Å²) in [7, 11) is 1.55. The third-order valence-corrected chi connectivity index (χ3v) is 5.74. The molecule has 1 N–H and O–H groups in total. The molecule has 0 spiro atoms. The number of rotatable bonds is 7. The van der Waals surface area contributed by atoms with Gasteiger partial charge in [0.15, 0.2) is 6.61 Å². The van der Waals surface area contributed by atoms with Crippen LogP contribution >= 0.6 is 0 Å². The van der Waals surface area contributed by atoms with E-state index in [1.165, 1.54) is 12.1 Å². The number of hydrogen-bond acceptors (Lipinski definition) is 5. The van der Waals surface area contributed by atoms with Crippen molar-refractivity contribution in [2.75, 3.05) is 20.3 Å². The summed E-state index contributed by atoms with van der Waals surface area (Å²) >= 11 is 0. The number of ether oxygens (including phenoxy) is 2. The topological polar surface area (TPSA) is 77.5 Å². The van der Waals surface area contributed by atoms with Gasteiger partial charge in [-0.15, -0.1) is 0 Å². The number of aromatic nitrogens is 1. The van der Waals surface area contributed by atoms with Crippen LogP contribution in [0.3, 0.4) is 0 Å². The Balaban J connectivity index is 1.68. The Hall–Kier alpha value is -3.58. The smallest absolute Gasteiger partial charge is 0.339 e. The third kappa shape index (κ3) is 5.31. The Kier molecular flexibility index (Phi) is 7.33. The Labute approximate surface area is 197 Å². The number of amides is 1. The highest BCUT2D eigenvalue weighted by Crippen LogP contribution is 2.36. The van der Waals surface area contributed by atoms with Gasteiger partial charge in [-0.05, 0) is 67.2 Å². The first-order chi connectivity index (χ1) is 16.5. The average Bonchev–Trinajstić information content (AvgIpc) is 2.83. The molecular weight excluding hydrogens is 435 g/mol. The van der Waals surface area contributed by atoms with Crippen LogP contribution in [0.4, 0.5) is 4.39 Å². The molecule has 1 unspecified atom stereocenters. The van der Waals surface area contributed by atoms with E-state index in [4.69, 9.17) is 14.5 Å². The minimum absolute atomic E-state index is 0.190. The van der Waals surface area contributed by atoms with Crippen LogP contribution in [0.2, 0.25) is 0 Å². The van der Waals surface area contributed by atoms with Gasteiger partial charge in [-0.25, -0.2) is 14.2 Å². The minimum atomic E-state index is -0.549. The van der Waals surface area contributed by atoms with Crippen molar-refractivity contribution < 1.29 is 23.5 Å². The predicted molar refractivity (Wildman–Crippen MR) is 129 cm³/mol. The zero-order valence-electron chi connectivity index (χ0n) is 19.3. The normalized spacial score (nSPS) is 15.1. The molecule has 1 aliphatic carbocycles. The first-order valence-corrected chi connectivity index (χ1v) is 11.3. The van der Waals surface area contributed by atoms with Gasteiger partial charge in [0.05, 0.1) is 23.4 Å². The number of pyridine rings is 1. The number of carbonyl (C=O) groups excluding carboxylic acids is 2. The number of carbonyl (C=O) groups is 2. The lowest BCUT2D eigenvalue weighted by molar-refractivity contribution is -0.125. The van der Waals surface area contributed by atoms with Gasteiger partial charge in [0.1, 0.15) is 5.82 Å². The van der Waals surface area contributed by atoms with Crippen molar-refractivity contribution in [3.8, 4) is 0 Å². The van der Waals surface area contributed by atoms with Crippen LogP contribution in [-0.4, -0.2) is 43.2 Å². The molecule has 3 aromatic rings. The predicted octanol–water partition coefficient (Wildman–Crippen LogP) is 4.56. The molecule has 0 saturated carbocycles. The van der Waals surface area contributed by atoms with Crippen LogP contribution < -0.4 is 5.32 Å². The third-order valence-electron chi connectivity index (χ3n) is 5.74. The summed E-state index contributed by atoms with van der Waals surface area (Å²) in [6.45, 7) is 1.80. The van der Waals surface area contributed by atoms with E-state index in [2.05, 4.69) is 5.32 Å². The number of nitrogens with one attached hydrogen (secondary N) is 1. The number of para-hydroxylation sites is 1. The molecule has 0 saturated heterocycles. The number of hydrogen-bond donors (Lipinski definition) is 1. The van der Waals surface area contributed by atoms with E-state index >= 15 is 0 Å². The Morgan fingerprint density at radius 1 is 1.15 bits per heavy atom. The van der Waals surface area contributed by atoms with Crippen molar-refractivity contribution in [2.45, 2.75) is 32.2 Å². The summed E-state index contributed by atoms with van der Waals surface area (Å²) in [5.41, 5.74) is 4.54. The molecule has 2 aromatic carbocycles. The molecule has 0 radical (unpaired) electrons. The van der Waals surface area contributed by atoms with Gasteiger partial charge in [-0.1, -0.05) is 30.3 Å². The van der Waals surface area contributed by atoms with E-state index in [9.17, 15) is 14.0 Å². The SMILES string of the molecule is COCC(C)NC(=O)COC(=O)c1c2c(nc3ccccc13)C(=Cc1ccc(F)cc1)CCC2. The van der Waals surface area contributed by atoms with Crippen LogP contribution in [0.1, 0.15) is 46.9 Å². The molecular formula is C27H27FN2O4. The highest BCUT2D eigenvalue weighted by Gasteiger charge is 2.26. The summed E-state index contributed by atoms with van der Waals surface area (Å²) in [4.78, 5) is 30.3. The summed E-state index contributed by atoms with van der Waals surface area (Å²) in [5, 5.41) is 3.43. The molecule has 176 valence electrons. The summed E-state index contributed by atoms with van der Waals surface area (Å²) in [6, 6.07) is 13.5. The maximum atomic E-state index is 13.3. The Bertz CT molecular complexity index is 1240. The van der Waals surface area contributed by atoms with Gasteiger partial charge in [-0.3, -0.25) is 4.79 Å². The molecule has 1 aliphatic rings. The molecule has 0 aliphatic heterocycles. The molecule has 1 amide bonds. The molecule has 0 bridgehead atoms. The fourth-order valence-corrected chi connectivity index (χ4v) is 4.28. The van der Waals surface area contributed by atoms with Crippen molar-refractivity contribution in [2.24, 2.45) is 0 Å². The first kappa shape index (κ1) is 23.6. The quantitative estimate of drug-likeness (QED) is 0.521. The van der Waals surface area contributed by atoms with E-state index in [1.807, 2.05) is 37.3 Å². The molecule has 0 fully saturated rings. The van der Waals surface area contributed by atoms with E-state index in [1.54, 1.807) is 19.2 Å². The number of methoxy groups -OCH3 is 1. The van der Waals surface area contributed by atoms with Gasteiger partial charge in [0.25, 0.3) is 5.91 Å². The van der Waals surface area contributed by atoms with E-state index < -0.39 is 5.97 Å². The van der Waals surface area contributed by atoms with Crippen LogP contribution in [0.25, 0.3) is 22.6 Å². The number of benzene rings is 2. The van der Waals surface area contributed by atoms with Gasteiger partial charge in [-0.2, -0.15) is 0 Å². The number of allylic oxidation sites excluding steroid dienone is 1. The summed E-state index contributed by atoms with van der Waals surface area (Å²) < 4.78 is 23.8. The second-order valence-corrected chi connectivity index (χ2v) is 8.41. The highest BCUT2D eigenvalue weighted by molar-refractivity contribution is 6.07. The van der Waals surface area contributed by atoms with Gasteiger partial charge in [0, 0.05) is 18.5 Å². The monoisotopic (exact) mass is 462 g/mol. The lowest BCUT2D eigenvalue weighted by atomic mass is 9.86. The maximum Gasteiger partial charge on any atom is 0.339 e. The van der Waals surface area contributed by atoms with Crippen molar-refractivity contribution >= 4 is 34.4 Å². The fraction of sp³-hybridized carbons (Fsp3) is 0.296. The Morgan fingerprint density at radius 2 is 1.91 bits per heavy atom. The van der Waals surface area contributed by atoms with Crippen LogP contribution in [0.15, 0.2) is 48.5 Å². The van der Waals surface area contributed by atoms with Crippen molar-refractivity contribution in [1.29, 1.82) is 0 Å². The zero-order valence-corrected chi connectivity index (χ0v) is 19.3. The summed E-state index contributed by atoms with van der Waals surface area (Å²) in [6.07, 6.45) is 4.30. The highest BCUT2D eigenvalue weighted by atomic mass is 19.1. The minimum Gasteiger partial charge on any atom is -0.452 e. The van der Waals surface area contributed by atoms with Crippen molar-refractivity contribution in [3.63, 3.8) is 0 Å². The molecule has 6 nitrogen and oxygen atoms in total. The van der Waals surface area contributed by atoms with Crippen LogP contribution in [0.5, 0.6) is 0 Å². The van der Waals surface area contributed by atoms with Crippen LogP contribution in [-0.2, 0) is 20.7 Å². The fourth-order valence-electron chi connectivity index (χ4n) is 4.28. The average molecular weight is 463 g/mol. The van der Waals surface area contributed by atoms with Gasteiger partial charge < -0.3 is 14.8 Å². The van der Waals surface area contributed by atoms with Gasteiger partial charge >= 0.3 is 5.97 Å². The summed E-state index contributed by atoms with van der Waals surface area (Å²) in [5.74, 6) is -1.23. The zero-order chi connectivity index (χ0) is 24.1. The van der Waals surface area contributed by atoms with E-state index in [-0.39, 0.29) is 24.4 Å². The van der Waals surface area contributed by atoms with Gasteiger partial charge in [0.2, 0.25) is 0 Å². The largest absolute Gasteiger partial charge is 0.452 e. The number of fused-ring (bicyclic) bond motifs is 2. The number of esters is 1. The molecule has 7 heteroatoms. The molecule has 1 aromatic heterocycles. The maximum absolute atomic E-state index is 13.3. The van der Waals surface area contributed by atoms with E-state index in [0.29, 0.717) is 29.5 Å².